The van der Waals surface area contributed by atoms with Gasteiger partial charge in [-0.2, -0.15) is 0 Å². The van der Waals surface area contributed by atoms with Gasteiger partial charge in [0.2, 0.25) is 0 Å². The summed E-state index contributed by atoms with van der Waals surface area (Å²) in [6.07, 6.45) is 3.67. The van der Waals surface area contributed by atoms with Crippen LogP contribution in [0.3, 0.4) is 0 Å². The van der Waals surface area contributed by atoms with E-state index in [1.165, 1.54) is 12.7 Å². The van der Waals surface area contributed by atoms with Crippen LogP contribution in [-0.2, 0) is 24.1 Å². The zero-order valence-corrected chi connectivity index (χ0v) is 12.6. The molecule has 0 amide bonds. The van der Waals surface area contributed by atoms with E-state index >= 15 is 0 Å². The molecule has 0 bridgehead atoms. The number of esters is 1. The lowest BCUT2D eigenvalue weighted by atomic mass is 10.1. The zero-order valence-electron chi connectivity index (χ0n) is 12.6. The summed E-state index contributed by atoms with van der Waals surface area (Å²) in [5, 5.41) is 8.07. The summed E-state index contributed by atoms with van der Waals surface area (Å²) in [6, 6.07) is 10.3. The van der Waals surface area contributed by atoms with Crippen molar-refractivity contribution in [3.8, 4) is 0 Å². The Bertz CT molecular complexity index is 578. The van der Waals surface area contributed by atoms with Crippen LogP contribution in [0.25, 0.3) is 0 Å². The van der Waals surface area contributed by atoms with Crippen molar-refractivity contribution in [2.24, 2.45) is 0 Å². The molecule has 0 aliphatic rings. The van der Waals surface area contributed by atoms with Gasteiger partial charge in [0.15, 0.2) is 5.69 Å². The minimum absolute atomic E-state index is 0.346. The fourth-order valence-corrected chi connectivity index (χ4v) is 2.33. The first-order valence-corrected chi connectivity index (χ1v) is 7.30. The molecular formula is C16H21N3O2. The third kappa shape index (κ3) is 3.90. The first kappa shape index (κ1) is 15.2. The Morgan fingerprint density at radius 2 is 2.00 bits per heavy atom. The maximum atomic E-state index is 11.7. The number of hydrogen-bond donors (Lipinski definition) is 0. The lowest BCUT2D eigenvalue weighted by molar-refractivity contribution is 0.0592. The largest absolute Gasteiger partial charge is 0.464 e. The Morgan fingerprint density at radius 1 is 1.24 bits per heavy atom. The van der Waals surface area contributed by atoms with Crippen LogP contribution in [0.5, 0.6) is 0 Å². The van der Waals surface area contributed by atoms with E-state index in [0.717, 1.165) is 37.9 Å². The molecule has 0 atom stereocenters. The Kier molecular flexibility index (Phi) is 5.49. The molecule has 2 aromatic rings. The van der Waals surface area contributed by atoms with Crippen LogP contribution in [0.2, 0.25) is 0 Å². The van der Waals surface area contributed by atoms with Gasteiger partial charge in [-0.25, -0.2) is 9.48 Å². The van der Waals surface area contributed by atoms with Gasteiger partial charge in [-0.05, 0) is 24.8 Å². The Hall–Kier alpha value is -2.17. The van der Waals surface area contributed by atoms with Crippen molar-refractivity contribution in [2.75, 3.05) is 7.11 Å². The fourth-order valence-electron chi connectivity index (χ4n) is 2.33. The maximum absolute atomic E-state index is 11.7. The molecule has 21 heavy (non-hydrogen) atoms. The third-order valence-electron chi connectivity index (χ3n) is 3.38. The molecule has 0 saturated heterocycles. The van der Waals surface area contributed by atoms with Crippen molar-refractivity contribution in [3.63, 3.8) is 0 Å². The van der Waals surface area contributed by atoms with Crippen molar-refractivity contribution in [2.45, 2.75) is 39.2 Å². The molecule has 0 fully saturated rings. The second-order valence-electron chi connectivity index (χ2n) is 4.94. The van der Waals surface area contributed by atoms with E-state index in [-0.39, 0.29) is 0 Å². The van der Waals surface area contributed by atoms with Gasteiger partial charge in [0.25, 0.3) is 0 Å². The number of benzene rings is 1. The molecule has 0 saturated carbocycles. The molecule has 0 unspecified atom stereocenters. The molecule has 2 rings (SSSR count). The molecule has 0 aliphatic heterocycles. The van der Waals surface area contributed by atoms with E-state index in [9.17, 15) is 4.79 Å². The molecule has 0 radical (unpaired) electrons. The Balaban J connectivity index is 2.02. The number of carbonyl (C=O) groups excluding carboxylic acids is 1. The van der Waals surface area contributed by atoms with Crippen LogP contribution in [-0.4, -0.2) is 28.1 Å². The molecule has 0 aliphatic carbocycles. The standard InChI is InChI=1S/C16H21N3O2/c1-3-8-14-15(16(20)21-2)17-18-19(14)12-7-11-13-9-5-4-6-10-13/h4-6,9-10H,3,7-8,11-12H2,1-2H3. The summed E-state index contributed by atoms with van der Waals surface area (Å²) in [7, 11) is 1.37. The third-order valence-corrected chi connectivity index (χ3v) is 3.38. The van der Waals surface area contributed by atoms with E-state index < -0.39 is 5.97 Å². The van der Waals surface area contributed by atoms with E-state index in [4.69, 9.17) is 4.74 Å². The molecular weight excluding hydrogens is 266 g/mol. The van der Waals surface area contributed by atoms with E-state index in [2.05, 4.69) is 29.4 Å². The highest BCUT2D eigenvalue weighted by molar-refractivity contribution is 5.88. The van der Waals surface area contributed by atoms with Crippen LogP contribution < -0.4 is 0 Å². The number of hydrogen-bond acceptors (Lipinski definition) is 4. The molecule has 0 N–H and O–H groups in total. The highest BCUT2D eigenvalue weighted by Gasteiger charge is 2.19. The van der Waals surface area contributed by atoms with Gasteiger partial charge in [0.1, 0.15) is 0 Å². The van der Waals surface area contributed by atoms with Crippen LogP contribution >= 0.6 is 0 Å². The number of ether oxygens (including phenoxy) is 1. The Labute approximate surface area is 124 Å². The number of aromatic nitrogens is 3. The van der Waals surface area contributed by atoms with Gasteiger partial charge in [0, 0.05) is 6.54 Å². The SMILES string of the molecule is CCCc1c(C(=O)OC)nnn1CCCc1ccccc1. The quantitative estimate of drug-likeness (QED) is 0.735. The number of aryl methyl sites for hydroxylation is 2. The zero-order chi connectivity index (χ0) is 15.1. The maximum Gasteiger partial charge on any atom is 0.360 e. The van der Waals surface area contributed by atoms with Crippen LogP contribution in [0.4, 0.5) is 0 Å². The first-order chi connectivity index (χ1) is 10.3. The van der Waals surface area contributed by atoms with Gasteiger partial charge >= 0.3 is 5.97 Å². The molecule has 0 spiro atoms. The van der Waals surface area contributed by atoms with Crippen LogP contribution in [0, 0.1) is 0 Å². The topological polar surface area (TPSA) is 57.0 Å². The normalized spacial score (nSPS) is 10.6. The summed E-state index contributed by atoms with van der Waals surface area (Å²) in [6.45, 7) is 2.83. The smallest absolute Gasteiger partial charge is 0.360 e. The van der Waals surface area contributed by atoms with E-state index in [1.807, 2.05) is 22.9 Å². The van der Waals surface area contributed by atoms with Gasteiger partial charge < -0.3 is 4.74 Å². The van der Waals surface area contributed by atoms with E-state index in [0.29, 0.717) is 5.69 Å². The second-order valence-corrected chi connectivity index (χ2v) is 4.94. The predicted molar refractivity (Wildman–Crippen MR) is 80.1 cm³/mol. The summed E-state index contributed by atoms with van der Waals surface area (Å²) in [4.78, 5) is 11.7. The number of nitrogens with zero attached hydrogens (tertiary/aromatic N) is 3. The van der Waals surface area contributed by atoms with Crippen molar-refractivity contribution in [3.05, 3.63) is 47.3 Å². The van der Waals surface area contributed by atoms with Crippen LogP contribution in [0.1, 0.15) is 41.5 Å². The van der Waals surface area contributed by atoms with Gasteiger partial charge in [-0.3, -0.25) is 0 Å². The molecule has 1 heterocycles. The highest BCUT2D eigenvalue weighted by atomic mass is 16.5. The fraction of sp³-hybridized carbons (Fsp3) is 0.438. The predicted octanol–water partition coefficient (Wildman–Crippen LogP) is 2.65. The second kappa shape index (κ2) is 7.57. The number of carbonyl (C=O) groups is 1. The lowest BCUT2D eigenvalue weighted by Gasteiger charge is -2.06. The van der Waals surface area contributed by atoms with Crippen molar-refractivity contribution >= 4 is 5.97 Å². The van der Waals surface area contributed by atoms with Gasteiger partial charge in [-0.1, -0.05) is 48.9 Å². The average molecular weight is 287 g/mol. The Morgan fingerprint density at radius 3 is 2.67 bits per heavy atom. The van der Waals surface area contributed by atoms with Crippen LogP contribution in [0.15, 0.2) is 30.3 Å². The first-order valence-electron chi connectivity index (χ1n) is 7.30. The average Bonchev–Trinajstić information content (AvgIpc) is 2.91. The number of methoxy groups -OCH3 is 1. The molecule has 5 heteroatoms. The molecule has 1 aromatic carbocycles. The molecule has 1 aromatic heterocycles. The van der Waals surface area contributed by atoms with Gasteiger partial charge in [-0.15, -0.1) is 5.10 Å². The van der Waals surface area contributed by atoms with Crippen molar-refractivity contribution in [1.82, 2.24) is 15.0 Å². The minimum Gasteiger partial charge on any atom is -0.464 e. The summed E-state index contributed by atoms with van der Waals surface area (Å²) in [5.41, 5.74) is 2.53. The monoisotopic (exact) mass is 287 g/mol. The summed E-state index contributed by atoms with van der Waals surface area (Å²) >= 11 is 0. The van der Waals surface area contributed by atoms with Crippen molar-refractivity contribution in [1.29, 1.82) is 0 Å². The van der Waals surface area contributed by atoms with E-state index in [1.54, 1.807) is 0 Å². The minimum atomic E-state index is -0.409. The van der Waals surface area contributed by atoms with Gasteiger partial charge in [0.05, 0.1) is 12.8 Å². The highest BCUT2D eigenvalue weighted by Crippen LogP contribution is 2.11. The lowest BCUT2D eigenvalue weighted by Crippen LogP contribution is -2.10. The summed E-state index contributed by atoms with van der Waals surface area (Å²) in [5.74, 6) is -0.409. The summed E-state index contributed by atoms with van der Waals surface area (Å²) < 4.78 is 6.59. The molecule has 5 nitrogen and oxygen atoms in total. The number of rotatable bonds is 7. The molecule has 112 valence electrons. The van der Waals surface area contributed by atoms with Crippen molar-refractivity contribution < 1.29 is 9.53 Å².